The third kappa shape index (κ3) is 7.56. The van der Waals surface area contributed by atoms with Crippen LogP contribution in [0.15, 0.2) is 97.3 Å². The van der Waals surface area contributed by atoms with E-state index in [2.05, 4.69) is 20.3 Å². The van der Waals surface area contributed by atoms with Crippen molar-refractivity contribution in [3.05, 3.63) is 119 Å². The number of amides is 1. The smallest absolute Gasteiger partial charge is 0.302 e. The molecular weight excluding hydrogens is 690 g/mol. The highest BCUT2D eigenvalue weighted by Gasteiger charge is 2.67. The first-order valence-corrected chi connectivity index (χ1v) is 17.3. The van der Waals surface area contributed by atoms with Crippen LogP contribution in [-0.4, -0.2) is 74.6 Å². The van der Waals surface area contributed by atoms with Crippen LogP contribution in [0, 0.1) is 0 Å². The second kappa shape index (κ2) is 15.9. The Bertz CT molecular complexity index is 1990. The van der Waals surface area contributed by atoms with Crippen molar-refractivity contribution in [2.75, 3.05) is 18.5 Å². The van der Waals surface area contributed by atoms with Crippen LogP contribution in [-0.2, 0) is 57.8 Å². The summed E-state index contributed by atoms with van der Waals surface area (Å²) in [5.74, 6) is -0.839. The number of anilines is 1. The molecule has 5 aromatic rings. The molecule has 6 atom stereocenters. The van der Waals surface area contributed by atoms with Gasteiger partial charge >= 0.3 is 5.97 Å². The van der Waals surface area contributed by atoms with Crippen LogP contribution in [0.2, 0.25) is 5.15 Å². The number of ether oxygens (including phenoxy) is 6. The maximum absolute atomic E-state index is 12.3. The summed E-state index contributed by atoms with van der Waals surface area (Å²) in [6, 6.07) is 29.3. The summed E-state index contributed by atoms with van der Waals surface area (Å²) in [7, 11) is 0. The normalized spacial score (nSPS) is 24.0. The largest absolute Gasteiger partial charge is 0.463 e. The molecule has 0 saturated carbocycles. The number of benzene rings is 3. The molecule has 2 aromatic heterocycles. The number of fused-ring (bicyclic) bond motifs is 2. The van der Waals surface area contributed by atoms with Crippen molar-refractivity contribution < 1.29 is 38.0 Å². The highest BCUT2D eigenvalue weighted by atomic mass is 35.5. The molecular formula is C38H38ClN5O8. The summed E-state index contributed by atoms with van der Waals surface area (Å²) in [5.41, 5.74) is 2.02. The van der Waals surface area contributed by atoms with Gasteiger partial charge in [0.2, 0.25) is 11.9 Å². The molecule has 0 aliphatic carbocycles. The van der Waals surface area contributed by atoms with Gasteiger partial charge < -0.3 is 28.4 Å². The first-order valence-electron chi connectivity index (χ1n) is 16.9. The van der Waals surface area contributed by atoms with E-state index in [4.69, 9.17) is 40.0 Å². The molecule has 1 N–H and O–H groups in total. The van der Waals surface area contributed by atoms with Crippen LogP contribution in [0.25, 0.3) is 11.2 Å². The molecule has 0 spiro atoms. The van der Waals surface area contributed by atoms with E-state index in [0.717, 1.165) is 16.7 Å². The predicted molar refractivity (Wildman–Crippen MR) is 189 cm³/mol. The maximum Gasteiger partial charge on any atom is 0.302 e. The minimum absolute atomic E-state index is 0.00829. The number of nitrogens with one attached hydrogen (secondary N) is 1. The third-order valence-corrected chi connectivity index (χ3v) is 9.29. The van der Waals surface area contributed by atoms with E-state index < -0.39 is 42.2 Å². The molecule has 2 saturated heterocycles. The second-order valence-electron chi connectivity index (χ2n) is 12.6. The zero-order chi connectivity index (χ0) is 36.1. The summed E-state index contributed by atoms with van der Waals surface area (Å²) in [5, 5.41) is 2.58. The standard InChI is InChI=1S/C38H38ClN5O8/c1-24(45)41-37-42-34(39)31-35(43-37)40-23-44(31)36-33-38(51-20-28-16-10-5-11-17-28,30(22-50-33)48-18-26-12-6-3-7-13-26)32(29(52-36)21-47-25(2)46)49-19-27-14-8-4-9-15-27/h3-17,23,29-30,32-33,36H,18-22H2,1-2H3,(H,41,42,43,45)/t29-,30+,32-,33?,36-,38+/m1/s1. The van der Waals surface area contributed by atoms with Gasteiger partial charge in [-0.25, -0.2) is 4.98 Å². The van der Waals surface area contributed by atoms with Crippen molar-refractivity contribution in [3.8, 4) is 0 Å². The summed E-state index contributed by atoms with van der Waals surface area (Å²) in [6.07, 6.45) is -2.74. The molecule has 13 nitrogen and oxygen atoms in total. The van der Waals surface area contributed by atoms with Gasteiger partial charge in [-0.2, -0.15) is 9.97 Å². The van der Waals surface area contributed by atoms with Crippen LogP contribution >= 0.6 is 11.6 Å². The van der Waals surface area contributed by atoms with E-state index in [1.807, 2.05) is 91.0 Å². The Morgan fingerprint density at radius 3 is 2.12 bits per heavy atom. The number of rotatable bonds is 13. The minimum Gasteiger partial charge on any atom is -0.463 e. The van der Waals surface area contributed by atoms with Gasteiger partial charge in [-0.1, -0.05) is 103 Å². The lowest BCUT2D eigenvalue weighted by Crippen LogP contribution is -2.69. The number of nitrogens with zero attached hydrogens (tertiary/aromatic N) is 4. The van der Waals surface area contributed by atoms with E-state index in [1.165, 1.54) is 20.2 Å². The fraction of sp³-hybridized carbons (Fsp3) is 0.342. The average Bonchev–Trinajstić information content (AvgIpc) is 3.75. The van der Waals surface area contributed by atoms with Crippen molar-refractivity contribution in [1.82, 2.24) is 19.5 Å². The SMILES string of the molecule is CC(=O)Nc1nc(Cl)c2c(ncn2[C@@H]2O[C@H](COC(C)=O)[C@@H](OCc3ccccc3)[C@]3(OCc4ccccc4)C2OC[C@@H]3OCc2ccccc2)n1. The van der Waals surface area contributed by atoms with Crippen molar-refractivity contribution in [2.24, 2.45) is 0 Å². The Morgan fingerprint density at radius 2 is 1.50 bits per heavy atom. The van der Waals surface area contributed by atoms with Crippen molar-refractivity contribution in [3.63, 3.8) is 0 Å². The number of carbonyl (C=O) groups excluding carboxylic acids is 2. The fourth-order valence-corrected chi connectivity index (χ4v) is 6.99. The van der Waals surface area contributed by atoms with Crippen LogP contribution in [0.1, 0.15) is 36.8 Å². The quantitative estimate of drug-likeness (QED) is 0.123. The van der Waals surface area contributed by atoms with Gasteiger partial charge in [-0.15, -0.1) is 0 Å². The maximum atomic E-state index is 12.3. The molecule has 14 heteroatoms. The summed E-state index contributed by atoms with van der Waals surface area (Å²) < 4.78 is 41.4. The molecule has 1 unspecified atom stereocenters. The summed E-state index contributed by atoms with van der Waals surface area (Å²) >= 11 is 6.75. The average molecular weight is 728 g/mol. The zero-order valence-corrected chi connectivity index (χ0v) is 29.3. The lowest BCUT2D eigenvalue weighted by Gasteiger charge is -2.52. The number of carbonyl (C=O) groups is 2. The Morgan fingerprint density at radius 1 is 0.885 bits per heavy atom. The van der Waals surface area contributed by atoms with E-state index in [1.54, 1.807) is 4.57 Å². The van der Waals surface area contributed by atoms with Gasteiger partial charge in [0.05, 0.1) is 32.8 Å². The number of esters is 1. The summed E-state index contributed by atoms with van der Waals surface area (Å²) in [6.45, 7) is 3.29. The highest BCUT2D eigenvalue weighted by Crippen LogP contribution is 2.49. The Kier molecular flexibility index (Phi) is 10.9. The molecule has 52 heavy (non-hydrogen) atoms. The molecule has 7 rings (SSSR count). The van der Waals surface area contributed by atoms with E-state index >= 15 is 0 Å². The third-order valence-electron chi connectivity index (χ3n) is 9.03. The molecule has 3 aromatic carbocycles. The van der Waals surface area contributed by atoms with Gasteiger partial charge in [0.1, 0.15) is 36.5 Å². The predicted octanol–water partition coefficient (Wildman–Crippen LogP) is 5.42. The molecule has 4 heterocycles. The molecule has 2 fully saturated rings. The minimum atomic E-state index is -1.34. The Hall–Kier alpha value is -4.76. The van der Waals surface area contributed by atoms with Crippen molar-refractivity contribution in [1.29, 1.82) is 0 Å². The topological polar surface area (TPSA) is 145 Å². The lowest BCUT2D eigenvalue weighted by molar-refractivity contribution is -0.318. The molecule has 2 aliphatic heterocycles. The second-order valence-corrected chi connectivity index (χ2v) is 13.0. The van der Waals surface area contributed by atoms with Gasteiger partial charge in [-0.05, 0) is 16.7 Å². The number of aromatic nitrogens is 4. The molecule has 270 valence electrons. The van der Waals surface area contributed by atoms with Gasteiger partial charge in [-0.3, -0.25) is 19.5 Å². The van der Waals surface area contributed by atoms with Gasteiger partial charge in [0.25, 0.3) is 0 Å². The number of imidazole rings is 1. The first-order chi connectivity index (χ1) is 25.3. The Labute approximate surface area is 305 Å². The van der Waals surface area contributed by atoms with Crippen LogP contribution in [0.3, 0.4) is 0 Å². The fourth-order valence-electron chi connectivity index (χ4n) is 6.73. The van der Waals surface area contributed by atoms with Crippen LogP contribution in [0.4, 0.5) is 5.95 Å². The van der Waals surface area contributed by atoms with Crippen molar-refractivity contribution >= 4 is 40.6 Å². The zero-order valence-electron chi connectivity index (χ0n) is 28.6. The van der Waals surface area contributed by atoms with Crippen LogP contribution in [0.5, 0.6) is 0 Å². The number of hydrogen-bond acceptors (Lipinski definition) is 11. The van der Waals surface area contributed by atoms with E-state index in [0.29, 0.717) is 5.52 Å². The highest BCUT2D eigenvalue weighted by molar-refractivity contribution is 6.33. The molecule has 1 amide bonds. The van der Waals surface area contributed by atoms with Crippen LogP contribution < -0.4 is 5.32 Å². The monoisotopic (exact) mass is 727 g/mol. The van der Waals surface area contributed by atoms with E-state index in [-0.39, 0.29) is 55.7 Å². The molecule has 2 aliphatic rings. The lowest BCUT2D eigenvalue weighted by atomic mass is 9.80. The number of halogens is 1. The van der Waals surface area contributed by atoms with E-state index in [9.17, 15) is 9.59 Å². The summed E-state index contributed by atoms with van der Waals surface area (Å²) in [4.78, 5) is 37.2. The first kappa shape index (κ1) is 35.6. The number of hydrogen-bond donors (Lipinski definition) is 1. The molecule has 0 radical (unpaired) electrons. The van der Waals surface area contributed by atoms with Gasteiger partial charge in [0, 0.05) is 13.8 Å². The Balaban J connectivity index is 1.35. The molecule has 0 bridgehead atoms. The van der Waals surface area contributed by atoms with Gasteiger partial charge in [0.15, 0.2) is 22.6 Å². The van der Waals surface area contributed by atoms with Crippen molar-refractivity contribution in [2.45, 2.75) is 69.9 Å².